The van der Waals surface area contributed by atoms with Gasteiger partial charge in [-0.15, -0.1) is 5.48 Å². The van der Waals surface area contributed by atoms with Gasteiger partial charge in [-0.25, -0.2) is 13.6 Å². The fourth-order valence-electron chi connectivity index (χ4n) is 3.26. The fourth-order valence-corrected chi connectivity index (χ4v) is 3.26. The molecule has 1 fully saturated rings. The summed E-state index contributed by atoms with van der Waals surface area (Å²) in [6.07, 6.45) is -0.841. The molecule has 0 bridgehead atoms. The van der Waals surface area contributed by atoms with E-state index in [0.29, 0.717) is 30.8 Å². The zero-order chi connectivity index (χ0) is 18.3. The summed E-state index contributed by atoms with van der Waals surface area (Å²) in [7, 11) is 0. The highest BCUT2D eigenvalue weighted by atomic mass is 19.1. The second-order valence-corrected chi connectivity index (χ2v) is 6.29. The number of likely N-dealkylation sites (tertiary alicyclic amines) is 1. The molecule has 3 N–H and O–H groups in total. The van der Waals surface area contributed by atoms with Crippen molar-refractivity contribution in [3.8, 4) is 16.9 Å². The van der Waals surface area contributed by atoms with E-state index in [2.05, 4.69) is 5.48 Å². The van der Waals surface area contributed by atoms with E-state index in [1.165, 1.54) is 23.1 Å². The molecule has 1 amide bonds. The number of carbonyl (C=O) groups excluding carboxylic acids is 1. The Morgan fingerprint density at radius 3 is 2.65 bits per heavy atom. The zero-order valence-corrected chi connectivity index (χ0v) is 13.7. The highest BCUT2D eigenvalue weighted by Crippen LogP contribution is 2.41. The van der Waals surface area contributed by atoms with Gasteiger partial charge in [-0.3, -0.25) is 0 Å². The largest absolute Gasteiger partial charge is 0.423 e. The lowest BCUT2D eigenvalue weighted by Gasteiger charge is -2.20. The number of fused-ring (bicyclic) bond motifs is 1. The Morgan fingerprint density at radius 1 is 1.23 bits per heavy atom. The van der Waals surface area contributed by atoms with E-state index in [1.54, 1.807) is 18.2 Å². The Hall–Kier alpha value is -2.71. The van der Waals surface area contributed by atoms with Crippen LogP contribution < -0.4 is 16.1 Å². The van der Waals surface area contributed by atoms with Crippen LogP contribution in [0.2, 0.25) is 0 Å². The number of hydrogen-bond donors (Lipinski definition) is 2. The minimum absolute atomic E-state index is 0.0781. The quantitative estimate of drug-likeness (QED) is 0.860. The summed E-state index contributed by atoms with van der Waals surface area (Å²) in [5.74, 6) is -1.07. The minimum Gasteiger partial charge on any atom is -0.423 e. The van der Waals surface area contributed by atoms with Crippen molar-refractivity contribution in [1.29, 1.82) is 0 Å². The van der Waals surface area contributed by atoms with Gasteiger partial charge in [0, 0.05) is 19.1 Å². The molecule has 26 heavy (non-hydrogen) atoms. The first-order valence-corrected chi connectivity index (χ1v) is 8.25. The molecule has 2 aliphatic rings. The number of halogens is 2. The number of rotatable bonds is 2. The predicted molar refractivity (Wildman–Crippen MR) is 88.9 cm³/mol. The van der Waals surface area contributed by atoms with Crippen molar-refractivity contribution < 1.29 is 23.1 Å². The zero-order valence-electron chi connectivity index (χ0n) is 13.7. The Kier molecular flexibility index (Phi) is 4.21. The van der Waals surface area contributed by atoms with Crippen LogP contribution >= 0.6 is 0 Å². The molecule has 136 valence electrons. The number of amides is 1. The maximum atomic E-state index is 14.3. The standard InChI is InChI=1S/C18H17F2N3O3/c19-12-4-2-5-13(20)15(12)11-3-1-6-14-16(11)17(22-26-14)25-18(24)23-8-7-10(21)9-23/h1-6,10,17,22H,7-9,21H2/t10-,17?/m0/s1. The summed E-state index contributed by atoms with van der Waals surface area (Å²) in [6, 6.07) is 8.37. The lowest BCUT2D eigenvalue weighted by molar-refractivity contribution is 0.0114. The maximum Gasteiger partial charge on any atom is 0.411 e. The number of benzene rings is 2. The second kappa shape index (κ2) is 6.54. The van der Waals surface area contributed by atoms with Crippen molar-refractivity contribution in [3.63, 3.8) is 0 Å². The summed E-state index contributed by atoms with van der Waals surface area (Å²) >= 11 is 0. The van der Waals surface area contributed by atoms with Crippen LogP contribution in [0.25, 0.3) is 11.1 Å². The van der Waals surface area contributed by atoms with Crippen molar-refractivity contribution >= 4 is 6.09 Å². The van der Waals surface area contributed by atoms with Gasteiger partial charge in [0.25, 0.3) is 0 Å². The SMILES string of the molecule is N[C@H]1CCN(C(=O)OC2NOc3cccc(-c4c(F)cccc4F)c32)C1. The molecule has 2 heterocycles. The first-order valence-electron chi connectivity index (χ1n) is 8.25. The van der Waals surface area contributed by atoms with E-state index in [1.807, 2.05) is 0 Å². The van der Waals surface area contributed by atoms with Crippen molar-refractivity contribution in [2.24, 2.45) is 5.73 Å². The van der Waals surface area contributed by atoms with Gasteiger partial charge in [-0.1, -0.05) is 18.2 Å². The molecular formula is C18H17F2N3O3. The van der Waals surface area contributed by atoms with E-state index in [0.717, 1.165) is 0 Å². The van der Waals surface area contributed by atoms with Gasteiger partial charge in [0.05, 0.1) is 11.1 Å². The molecule has 2 atom stereocenters. The van der Waals surface area contributed by atoms with Crippen molar-refractivity contribution in [2.75, 3.05) is 13.1 Å². The Morgan fingerprint density at radius 2 is 1.96 bits per heavy atom. The first-order chi connectivity index (χ1) is 12.5. The van der Waals surface area contributed by atoms with E-state index in [-0.39, 0.29) is 17.2 Å². The molecule has 4 rings (SSSR count). The first kappa shape index (κ1) is 16.7. The van der Waals surface area contributed by atoms with Crippen molar-refractivity contribution in [3.05, 3.63) is 53.6 Å². The third kappa shape index (κ3) is 2.87. The molecule has 2 aromatic carbocycles. The third-order valence-corrected chi connectivity index (χ3v) is 4.54. The Bertz CT molecular complexity index is 841. The molecule has 0 spiro atoms. The van der Waals surface area contributed by atoms with Crippen LogP contribution in [0.15, 0.2) is 36.4 Å². The Balaban J connectivity index is 1.67. The Labute approximate surface area is 148 Å². The van der Waals surface area contributed by atoms with Gasteiger partial charge < -0.3 is 20.2 Å². The molecule has 8 heteroatoms. The summed E-state index contributed by atoms with van der Waals surface area (Å²) in [5, 5.41) is 0. The van der Waals surface area contributed by atoms with E-state index >= 15 is 0 Å². The van der Waals surface area contributed by atoms with Crippen molar-refractivity contribution in [1.82, 2.24) is 10.4 Å². The molecular weight excluding hydrogens is 344 g/mol. The molecule has 0 aliphatic carbocycles. The number of nitrogens with zero attached hydrogens (tertiary/aromatic N) is 1. The van der Waals surface area contributed by atoms with Crippen molar-refractivity contribution in [2.45, 2.75) is 18.7 Å². The highest BCUT2D eigenvalue weighted by Gasteiger charge is 2.34. The van der Waals surface area contributed by atoms with Gasteiger partial charge in [-0.2, -0.15) is 0 Å². The number of ether oxygens (including phenoxy) is 1. The summed E-state index contributed by atoms with van der Waals surface area (Å²) in [4.78, 5) is 19.2. The number of carbonyl (C=O) groups is 1. The van der Waals surface area contributed by atoms with E-state index < -0.39 is 24.0 Å². The van der Waals surface area contributed by atoms with Crippen LogP contribution in [0.4, 0.5) is 13.6 Å². The van der Waals surface area contributed by atoms with Gasteiger partial charge in [0.2, 0.25) is 6.23 Å². The fraction of sp³-hybridized carbons (Fsp3) is 0.278. The van der Waals surface area contributed by atoms with Crippen LogP contribution in [0.3, 0.4) is 0 Å². The molecule has 2 aliphatic heterocycles. The third-order valence-electron chi connectivity index (χ3n) is 4.54. The van der Waals surface area contributed by atoms with Gasteiger partial charge in [-0.05, 0) is 30.2 Å². The highest BCUT2D eigenvalue weighted by molar-refractivity contribution is 5.74. The molecule has 0 saturated carbocycles. The van der Waals surface area contributed by atoms with Gasteiger partial charge in [0.1, 0.15) is 11.6 Å². The average Bonchev–Trinajstić information content (AvgIpc) is 3.22. The number of nitrogens with two attached hydrogens (primary N) is 1. The van der Waals surface area contributed by atoms with Crippen LogP contribution in [-0.4, -0.2) is 30.1 Å². The smallest absolute Gasteiger partial charge is 0.411 e. The molecule has 1 saturated heterocycles. The number of hydroxylamine groups is 1. The minimum atomic E-state index is -0.982. The topological polar surface area (TPSA) is 76.8 Å². The molecule has 0 radical (unpaired) electrons. The molecule has 1 unspecified atom stereocenters. The predicted octanol–water partition coefficient (Wildman–Crippen LogP) is 2.70. The summed E-state index contributed by atoms with van der Waals surface area (Å²) in [6.45, 7) is 0.910. The summed E-state index contributed by atoms with van der Waals surface area (Å²) < 4.78 is 34.0. The van der Waals surface area contributed by atoms with Crippen LogP contribution in [0.5, 0.6) is 5.75 Å². The normalized spacial score (nSPS) is 21.4. The van der Waals surface area contributed by atoms with E-state index in [4.69, 9.17) is 15.3 Å². The second-order valence-electron chi connectivity index (χ2n) is 6.29. The average molecular weight is 361 g/mol. The number of hydrogen-bond acceptors (Lipinski definition) is 5. The monoisotopic (exact) mass is 361 g/mol. The lowest BCUT2D eigenvalue weighted by Crippen LogP contribution is -2.35. The van der Waals surface area contributed by atoms with E-state index in [9.17, 15) is 13.6 Å². The lowest BCUT2D eigenvalue weighted by atomic mass is 9.97. The van der Waals surface area contributed by atoms with Crippen LogP contribution in [0.1, 0.15) is 18.2 Å². The van der Waals surface area contributed by atoms with Gasteiger partial charge >= 0.3 is 6.09 Å². The molecule has 6 nitrogen and oxygen atoms in total. The molecule has 0 aromatic heterocycles. The number of nitrogens with one attached hydrogen (secondary N) is 1. The maximum absolute atomic E-state index is 14.3. The summed E-state index contributed by atoms with van der Waals surface area (Å²) in [5.41, 5.74) is 8.84. The van der Waals surface area contributed by atoms with Crippen LogP contribution in [-0.2, 0) is 4.74 Å². The van der Waals surface area contributed by atoms with Gasteiger partial charge in [0.15, 0.2) is 5.75 Å². The molecule has 2 aromatic rings. The van der Waals surface area contributed by atoms with Crippen LogP contribution in [0, 0.1) is 11.6 Å².